The summed E-state index contributed by atoms with van der Waals surface area (Å²) in [5.74, 6) is -0.184. The standard InChI is InChI=1S/C15H12BrN3O/c16-14-7-3-6-13(19-14)15(20)18-9-10-8-17-12-5-2-1-4-11(10)12/h1-8,17H,9H2,(H,18,20). The van der Waals surface area contributed by atoms with Crippen molar-refractivity contribution >= 4 is 32.7 Å². The monoisotopic (exact) mass is 329 g/mol. The van der Waals surface area contributed by atoms with Gasteiger partial charge in [-0.05, 0) is 39.7 Å². The molecule has 0 aliphatic rings. The Morgan fingerprint density at radius 2 is 2.05 bits per heavy atom. The summed E-state index contributed by atoms with van der Waals surface area (Å²) >= 11 is 3.26. The molecule has 1 amide bonds. The summed E-state index contributed by atoms with van der Waals surface area (Å²) in [5.41, 5.74) is 2.53. The molecule has 3 aromatic rings. The highest BCUT2D eigenvalue weighted by Crippen LogP contribution is 2.17. The molecular weight excluding hydrogens is 318 g/mol. The first kappa shape index (κ1) is 12.9. The SMILES string of the molecule is O=C(NCc1c[nH]c2ccccc12)c1cccc(Br)n1. The van der Waals surface area contributed by atoms with Gasteiger partial charge in [0.2, 0.25) is 0 Å². The second kappa shape index (κ2) is 5.46. The van der Waals surface area contributed by atoms with E-state index in [2.05, 4.69) is 31.2 Å². The molecule has 20 heavy (non-hydrogen) atoms. The van der Waals surface area contributed by atoms with Gasteiger partial charge in [-0.15, -0.1) is 0 Å². The fourth-order valence-corrected chi connectivity index (χ4v) is 2.42. The maximum atomic E-state index is 12.0. The molecule has 0 spiro atoms. The van der Waals surface area contributed by atoms with Crippen molar-refractivity contribution in [1.29, 1.82) is 0 Å². The number of H-pyrrole nitrogens is 1. The number of hydrogen-bond donors (Lipinski definition) is 2. The molecule has 0 saturated heterocycles. The minimum absolute atomic E-state index is 0.184. The number of amides is 1. The maximum absolute atomic E-state index is 12.0. The van der Waals surface area contributed by atoms with Crippen molar-refractivity contribution in [2.45, 2.75) is 6.54 Å². The molecule has 2 aromatic heterocycles. The topological polar surface area (TPSA) is 57.8 Å². The van der Waals surface area contributed by atoms with Crippen LogP contribution in [0.5, 0.6) is 0 Å². The third-order valence-corrected chi connectivity index (χ3v) is 3.50. The van der Waals surface area contributed by atoms with E-state index in [9.17, 15) is 4.79 Å². The number of para-hydroxylation sites is 1. The molecule has 2 heterocycles. The number of nitrogens with one attached hydrogen (secondary N) is 2. The van der Waals surface area contributed by atoms with Crippen LogP contribution in [0, 0.1) is 0 Å². The Morgan fingerprint density at radius 3 is 2.90 bits per heavy atom. The van der Waals surface area contributed by atoms with Crippen molar-refractivity contribution in [3.8, 4) is 0 Å². The van der Waals surface area contributed by atoms with Crippen LogP contribution in [0.25, 0.3) is 10.9 Å². The van der Waals surface area contributed by atoms with Crippen LogP contribution >= 0.6 is 15.9 Å². The molecule has 0 atom stereocenters. The van der Waals surface area contributed by atoms with Gasteiger partial charge in [0.1, 0.15) is 10.3 Å². The lowest BCUT2D eigenvalue weighted by molar-refractivity contribution is 0.0946. The number of rotatable bonds is 3. The molecule has 0 aliphatic carbocycles. The minimum atomic E-state index is -0.184. The smallest absolute Gasteiger partial charge is 0.270 e. The predicted octanol–water partition coefficient (Wildman–Crippen LogP) is 3.26. The maximum Gasteiger partial charge on any atom is 0.270 e. The molecular formula is C15H12BrN3O. The number of halogens is 1. The normalized spacial score (nSPS) is 10.7. The molecule has 0 fully saturated rings. The number of pyridine rings is 1. The zero-order valence-corrected chi connectivity index (χ0v) is 12.1. The average Bonchev–Trinajstić information content (AvgIpc) is 2.88. The highest BCUT2D eigenvalue weighted by atomic mass is 79.9. The lowest BCUT2D eigenvalue weighted by Crippen LogP contribution is -2.23. The van der Waals surface area contributed by atoms with E-state index in [0.717, 1.165) is 16.5 Å². The second-order valence-electron chi connectivity index (χ2n) is 4.39. The van der Waals surface area contributed by atoms with E-state index >= 15 is 0 Å². The van der Waals surface area contributed by atoms with Crippen molar-refractivity contribution in [2.75, 3.05) is 0 Å². The molecule has 0 radical (unpaired) electrons. The summed E-state index contributed by atoms with van der Waals surface area (Å²) in [4.78, 5) is 19.3. The van der Waals surface area contributed by atoms with E-state index in [0.29, 0.717) is 16.8 Å². The van der Waals surface area contributed by atoms with Crippen molar-refractivity contribution in [1.82, 2.24) is 15.3 Å². The molecule has 0 aliphatic heterocycles. The zero-order chi connectivity index (χ0) is 13.9. The number of fused-ring (bicyclic) bond motifs is 1. The highest BCUT2D eigenvalue weighted by Gasteiger charge is 2.09. The molecule has 0 unspecified atom stereocenters. The zero-order valence-electron chi connectivity index (χ0n) is 10.6. The Bertz CT molecular complexity index is 766. The van der Waals surface area contributed by atoms with Crippen LogP contribution in [0.3, 0.4) is 0 Å². The summed E-state index contributed by atoms with van der Waals surface area (Å²) in [6.45, 7) is 0.469. The Morgan fingerprint density at radius 1 is 1.20 bits per heavy atom. The Balaban J connectivity index is 1.75. The van der Waals surface area contributed by atoms with E-state index in [-0.39, 0.29) is 5.91 Å². The van der Waals surface area contributed by atoms with Crippen molar-refractivity contribution in [2.24, 2.45) is 0 Å². The number of carbonyl (C=O) groups is 1. The predicted molar refractivity (Wildman–Crippen MR) is 81.4 cm³/mol. The molecule has 1 aromatic carbocycles. The molecule has 0 saturated carbocycles. The minimum Gasteiger partial charge on any atom is -0.361 e. The first-order valence-electron chi connectivity index (χ1n) is 6.20. The van der Waals surface area contributed by atoms with Gasteiger partial charge in [-0.3, -0.25) is 4.79 Å². The van der Waals surface area contributed by atoms with Crippen LogP contribution in [0.2, 0.25) is 0 Å². The number of benzene rings is 1. The van der Waals surface area contributed by atoms with Gasteiger partial charge in [-0.25, -0.2) is 4.98 Å². The van der Waals surface area contributed by atoms with Crippen LogP contribution in [-0.2, 0) is 6.54 Å². The van der Waals surface area contributed by atoms with Crippen LogP contribution in [0.1, 0.15) is 16.1 Å². The summed E-state index contributed by atoms with van der Waals surface area (Å²) in [6.07, 6.45) is 1.92. The van der Waals surface area contributed by atoms with E-state index in [1.54, 1.807) is 18.2 Å². The number of aromatic amines is 1. The van der Waals surface area contributed by atoms with Crippen molar-refractivity contribution in [3.63, 3.8) is 0 Å². The summed E-state index contributed by atoms with van der Waals surface area (Å²) in [5, 5.41) is 4.00. The number of hydrogen-bond acceptors (Lipinski definition) is 2. The van der Waals surface area contributed by atoms with Gasteiger partial charge < -0.3 is 10.3 Å². The van der Waals surface area contributed by atoms with Gasteiger partial charge in [-0.2, -0.15) is 0 Å². The lowest BCUT2D eigenvalue weighted by Gasteiger charge is -2.04. The molecule has 3 rings (SSSR count). The van der Waals surface area contributed by atoms with E-state index in [1.165, 1.54) is 0 Å². The van der Waals surface area contributed by atoms with Crippen LogP contribution < -0.4 is 5.32 Å². The van der Waals surface area contributed by atoms with E-state index in [1.807, 2.05) is 30.5 Å². The summed E-state index contributed by atoms with van der Waals surface area (Å²) in [7, 11) is 0. The third-order valence-electron chi connectivity index (χ3n) is 3.06. The van der Waals surface area contributed by atoms with E-state index in [4.69, 9.17) is 0 Å². The molecule has 4 nitrogen and oxygen atoms in total. The Hall–Kier alpha value is -2.14. The van der Waals surface area contributed by atoms with Gasteiger partial charge in [0, 0.05) is 23.6 Å². The molecule has 2 N–H and O–H groups in total. The number of carbonyl (C=O) groups excluding carboxylic acids is 1. The van der Waals surface area contributed by atoms with Gasteiger partial charge >= 0.3 is 0 Å². The van der Waals surface area contributed by atoms with Crippen LogP contribution in [-0.4, -0.2) is 15.9 Å². The van der Waals surface area contributed by atoms with Crippen molar-refractivity contribution < 1.29 is 4.79 Å². The number of nitrogens with zero attached hydrogens (tertiary/aromatic N) is 1. The van der Waals surface area contributed by atoms with Gasteiger partial charge in [0.25, 0.3) is 5.91 Å². The Kier molecular flexibility index (Phi) is 3.52. The summed E-state index contributed by atoms with van der Waals surface area (Å²) in [6, 6.07) is 13.3. The first-order chi connectivity index (χ1) is 9.74. The molecule has 0 bridgehead atoms. The van der Waals surface area contributed by atoms with Crippen molar-refractivity contribution in [3.05, 3.63) is 64.5 Å². The van der Waals surface area contributed by atoms with Gasteiger partial charge in [0.05, 0.1) is 0 Å². The fourth-order valence-electron chi connectivity index (χ4n) is 2.08. The largest absolute Gasteiger partial charge is 0.361 e. The quantitative estimate of drug-likeness (QED) is 0.724. The average molecular weight is 330 g/mol. The van der Waals surface area contributed by atoms with Crippen LogP contribution in [0.15, 0.2) is 53.3 Å². The number of aromatic nitrogens is 2. The molecule has 5 heteroatoms. The van der Waals surface area contributed by atoms with E-state index < -0.39 is 0 Å². The second-order valence-corrected chi connectivity index (χ2v) is 5.20. The lowest BCUT2D eigenvalue weighted by atomic mass is 10.2. The van der Waals surface area contributed by atoms with Gasteiger partial charge in [-0.1, -0.05) is 24.3 Å². The molecule has 100 valence electrons. The third kappa shape index (κ3) is 2.58. The first-order valence-corrected chi connectivity index (χ1v) is 6.99. The van der Waals surface area contributed by atoms with Crippen LogP contribution in [0.4, 0.5) is 0 Å². The van der Waals surface area contributed by atoms with Gasteiger partial charge in [0.15, 0.2) is 0 Å². The summed E-state index contributed by atoms with van der Waals surface area (Å²) < 4.78 is 0.650. The highest BCUT2D eigenvalue weighted by molar-refractivity contribution is 9.10. The Labute approximate surface area is 124 Å². The fraction of sp³-hybridized carbons (Fsp3) is 0.0667.